The predicted molar refractivity (Wildman–Crippen MR) is 108 cm³/mol. The first kappa shape index (κ1) is 20.8. The zero-order valence-corrected chi connectivity index (χ0v) is 17.6. The van der Waals surface area contributed by atoms with Crippen LogP contribution in [0.3, 0.4) is 0 Å². The molecule has 1 aliphatic heterocycles. The monoisotopic (exact) mass is 441 g/mol. The van der Waals surface area contributed by atoms with Gasteiger partial charge in [-0.2, -0.15) is 4.72 Å². The number of halogens is 1. The molecule has 150 valence electrons. The smallest absolute Gasteiger partial charge is 0.253 e. The van der Waals surface area contributed by atoms with E-state index >= 15 is 0 Å². The molecule has 1 aromatic heterocycles. The first-order valence-electron chi connectivity index (χ1n) is 8.67. The molecule has 7 nitrogen and oxygen atoms in total. The summed E-state index contributed by atoms with van der Waals surface area (Å²) >= 11 is 6.94. The van der Waals surface area contributed by atoms with Crippen LogP contribution < -0.4 is 4.72 Å². The minimum absolute atomic E-state index is 0.116. The van der Waals surface area contributed by atoms with Gasteiger partial charge in [-0.3, -0.25) is 9.59 Å². The molecule has 0 bridgehead atoms. The van der Waals surface area contributed by atoms with Crippen LogP contribution in [0.1, 0.15) is 17.3 Å². The lowest BCUT2D eigenvalue weighted by atomic mass is 10.1. The second kappa shape index (κ2) is 8.60. The first-order chi connectivity index (χ1) is 13.3. The summed E-state index contributed by atoms with van der Waals surface area (Å²) in [5, 5.41) is 2.23. The van der Waals surface area contributed by atoms with E-state index in [1.165, 1.54) is 13.0 Å². The number of hydrogen-bond acceptors (Lipinski definition) is 5. The Morgan fingerprint density at radius 3 is 2.25 bits per heavy atom. The van der Waals surface area contributed by atoms with Gasteiger partial charge < -0.3 is 9.80 Å². The van der Waals surface area contributed by atoms with Crippen molar-refractivity contribution in [2.75, 3.05) is 26.2 Å². The van der Waals surface area contributed by atoms with Crippen LogP contribution in [0.25, 0.3) is 0 Å². The van der Waals surface area contributed by atoms with Gasteiger partial charge in [0.25, 0.3) is 15.9 Å². The van der Waals surface area contributed by atoms with Crippen LogP contribution in [0.15, 0.2) is 46.0 Å². The quantitative estimate of drug-likeness (QED) is 0.769. The van der Waals surface area contributed by atoms with Crippen LogP contribution >= 0.6 is 22.9 Å². The molecule has 2 aromatic rings. The SMILES string of the molecule is CC(NS(=O)(=O)c1cccs1)C(=O)N1CCN(C(=O)c2ccc(Cl)cc2)CC1. The molecule has 1 aromatic carbocycles. The van der Waals surface area contributed by atoms with Gasteiger partial charge in [-0.1, -0.05) is 17.7 Å². The fourth-order valence-electron chi connectivity index (χ4n) is 2.94. The largest absolute Gasteiger partial charge is 0.338 e. The third kappa shape index (κ3) is 4.72. The van der Waals surface area contributed by atoms with Crippen molar-refractivity contribution in [2.24, 2.45) is 0 Å². The molecule has 1 aliphatic rings. The molecule has 2 heterocycles. The number of hydrogen-bond donors (Lipinski definition) is 1. The van der Waals surface area contributed by atoms with E-state index in [1.54, 1.807) is 45.5 Å². The Kier molecular flexibility index (Phi) is 6.39. The van der Waals surface area contributed by atoms with Crippen molar-refractivity contribution in [2.45, 2.75) is 17.2 Å². The topological polar surface area (TPSA) is 86.8 Å². The number of thiophene rings is 1. The molecule has 1 fully saturated rings. The van der Waals surface area contributed by atoms with E-state index in [4.69, 9.17) is 11.6 Å². The first-order valence-corrected chi connectivity index (χ1v) is 11.4. The molecule has 2 amide bonds. The summed E-state index contributed by atoms with van der Waals surface area (Å²) in [6.07, 6.45) is 0. The summed E-state index contributed by atoms with van der Waals surface area (Å²) < 4.78 is 27.1. The Balaban J connectivity index is 1.56. The Hall–Kier alpha value is -1.94. The molecule has 0 spiro atoms. The van der Waals surface area contributed by atoms with Crippen molar-refractivity contribution in [3.8, 4) is 0 Å². The zero-order chi connectivity index (χ0) is 20.3. The molecule has 0 saturated carbocycles. The summed E-state index contributed by atoms with van der Waals surface area (Å²) in [5.74, 6) is -0.422. The summed E-state index contributed by atoms with van der Waals surface area (Å²) in [6, 6.07) is 8.92. The van der Waals surface area contributed by atoms with Crippen molar-refractivity contribution < 1.29 is 18.0 Å². The van der Waals surface area contributed by atoms with E-state index in [9.17, 15) is 18.0 Å². The van der Waals surface area contributed by atoms with Gasteiger partial charge in [0.05, 0.1) is 6.04 Å². The number of nitrogens with zero attached hydrogens (tertiary/aromatic N) is 2. The summed E-state index contributed by atoms with van der Waals surface area (Å²) in [7, 11) is -3.72. The number of benzene rings is 1. The highest BCUT2D eigenvalue weighted by Gasteiger charge is 2.30. The average Bonchev–Trinajstić information content (AvgIpc) is 3.23. The number of carbonyl (C=O) groups is 2. The van der Waals surface area contributed by atoms with Gasteiger partial charge in [0.2, 0.25) is 5.91 Å². The van der Waals surface area contributed by atoms with Gasteiger partial charge in [-0.25, -0.2) is 8.42 Å². The molecule has 28 heavy (non-hydrogen) atoms. The van der Waals surface area contributed by atoms with Crippen LogP contribution in [-0.2, 0) is 14.8 Å². The van der Waals surface area contributed by atoms with Crippen LogP contribution in [0.4, 0.5) is 0 Å². The van der Waals surface area contributed by atoms with Crippen molar-refractivity contribution in [1.82, 2.24) is 14.5 Å². The molecule has 1 N–H and O–H groups in total. The lowest BCUT2D eigenvalue weighted by Gasteiger charge is -2.36. The molecular formula is C18H20ClN3O4S2. The lowest BCUT2D eigenvalue weighted by Crippen LogP contribution is -2.55. The van der Waals surface area contributed by atoms with Crippen molar-refractivity contribution in [1.29, 1.82) is 0 Å². The van der Waals surface area contributed by atoms with E-state index < -0.39 is 16.1 Å². The highest BCUT2D eigenvalue weighted by atomic mass is 35.5. The number of piperazine rings is 1. The van der Waals surface area contributed by atoms with E-state index in [0.29, 0.717) is 36.8 Å². The zero-order valence-electron chi connectivity index (χ0n) is 15.2. The van der Waals surface area contributed by atoms with E-state index in [0.717, 1.165) is 11.3 Å². The second-order valence-corrected chi connectivity index (χ2v) is 9.72. The Labute approximate surface area is 172 Å². The number of sulfonamides is 1. The fraction of sp³-hybridized carbons (Fsp3) is 0.333. The Morgan fingerprint density at radius 1 is 1.07 bits per heavy atom. The molecule has 0 radical (unpaired) electrons. The molecular weight excluding hydrogens is 422 g/mol. The van der Waals surface area contributed by atoms with E-state index in [-0.39, 0.29) is 16.0 Å². The summed E-state index contributed by atoms with van der Waals surface area (Å²) in [4.78, 5) is 28.4. The lowest BCUT2D eigenvalue weighted by molar-refractivity contribution is -0.134. The van der Waals surface area contributed by atoms with Gasteiger partial charge in [0, 0.05) is 36.8 Å². The summed E-state index contributed by atoms with van der Waals surface area (Å²) in [6.45, 7) is 3.00. The van der Waals surface area contributed by atoms with E-state index in [1.807, 2.05) is 0 Å². The highest BCUT2D eigenvalue weighted by Crippen LogP contribution is 2.17. The highest BCUT2D eigenvalue weighted by molar-refractivity contribution is 7.91. The van der Waals surface area contributed by atoms with Crippen molar-refractivity contribution in [3.05, 3.63) is 52.4 Å². The van der Waals surface area contributed by atoms with Gasteiger partial charge in [-0.05, 0) is 42.6 Å². The number of carbonyl (C=O) groups excluding carboxylic acids is 2. The third-order valence-electron chi connectivity index (χ3n) is 4.43. The van der Waals surface area contributed by atoms with Crippen LogP contribution in [0.5, 0.6) is 0 Å². The maximum Gasteiger partial charge on any atom is 0.253 e. The minimum atomic E-state index is -3.72. The summed E-state index contributed by atoms with van der Waals surface area (Å²) in [5.41, 5.74) is 0.543. The normalized spacial score (nSPS) is 16.1. The van der Waals surface area contributed by atoms with Crippen molar-refractivity contribution >= 4 is 44.8 Å². The van der Waals surface area contributed by atoms with Gasteiger partial charge >= 0.3 is 0 Å². The average molecular weight is 442 g/mol. The van der Waals surface area contributed by atoms with Gasteiger partial charge in [0.15, 0.2) is 0 Å². The predicted octanol–water partition coefficient (Wildman–Crippen LogP) is 2.05. The standard InChI is InChI=1S/C18H20ClN3O4S2/c1-13(20-28(25,26)16-3-2-12-27-16)17(23)21-8-10-22(11-9-21)18(24)14-4-6-15(19)7-5-14/h2-7,12-13,20H,8-11H2,1H3. The van der Waals surface area contributed by atoms with E-state index in [2.05, 4.69) is 4.72 Å². The third-order valence-corrected chi connectivity index (χ3v) is 7.62. The van der Waals surface area contributed by atoms with Crippen LogP contribution in [-0.4, -0.2) is 62.3 Å². The molecule has 1 unspecified atom stereocenters. The number of rotatable bonds is 5. The van der Waals surface area contributed by atoms with Crippen molar-refractivity contribution in [3.63, 3.8) is 0 Å². The maximum atomic E-state index is 12.6. The molecule has 3 rings (SSSR count). The van der Waals surface area contributed by atoms with Gasteiger partial charge in [-0.15, -0.1) is 11.3 Å². The van der Waals surface area contributed by atoms with Gasteiger partial charge in [0.1, 0.15) is 4.21 Å². The van der Waals surface area contributed by atoms with Crippen LogP contribution in [0, 0.1) is 0 Å². The minimum Gasteiger partial charge on any atom is -0.338 e. The van der Waals surface area contributed by atoms with Crippen LogP contribution in [0.2, 0.25) is 5.02 Å². The molecule has 0 aliphatic carbocycles. The fourth-order valence-corrected chi connectivity index (χ4v) is 5.27. The molecule has 1 saturated heterocycles. The maximum absolute atomic E-state index is 12.6. The Morgan fingerprint density at radius 2 is 1.68 bits per heavy atom. The number of nitrogens with one attached hydrogen (secondary N) is 1. The number of amides is 2. The molecule has 10 heteroatoms. The Bertz CT molecular complexity index is 938. The second-order valence-electron chi connectivity index (χ2n) is 6.40. The molecule has 1 atom stereocenters.